The van der Waals surface area contributed by atoms with Crippen LogP contribution >= 0.6 is 11.3 Å². The topological polar surface area (TPSA) is 67.4 Å². The molecule has 1 fully saturated rings. The number of morpholine rings is 1. The van der Waals surface area contributed by atoms with Crippen LogP contribution in [-0.2, 0) is 4.74 Å². The van der Waals surface area contributed by atoms with Crippen LogP contribution in [0.25, 0.3) is 11.3 Å². The number of benzene rings is 1. The number of hydrogen-bond acceptors (Lipinski definition) is 6. The summed E-state index contributed by atoms with van der Waals surface area (Å²) in [5, 5.41) is 5.35. The molecule has 6 nitrogen and oxygen atoms in total. The zero-order chi connectivity index (χ0) is 17.8. The summed E-state index contributed by atoms with van der Waals surface area (Å²) in [5.74, 6) is 0.658. The molecule has 26 heavy (non-hydrogen) atoms. The highest BCUT2D eigenvalue weighted by molar-refractivity contribution is 7.14. The van der Waals surface area contributed by atoms with Gasteiger partial charge < -0.3 is 9.64 Å². The van der Waals surface area contributed by atoms with E-state index >= 15 is 0 Å². The van der Waals surface area contributed by atoms with E-state index in [4.69, 9.17) is 4.74 Å². The van der Waals surface area contributed by atoms with Crippen molar-refractivity contribution in [1.29, 1.82) is 0 Å². The van der Waals surface area contributed by atoms with Crippen molar-refractivity contribution < 1.29 is 9.53 Å². The van der Waals surface area contributed by atoms with E-state index in [2.05, 4.69) is 20.2 Å². The SMILES string of the molecule is O=C(Nc1nc(-c2ccccc2)cs1)c1ccc(N2CCOCC2)nc1. The van der Waals surface area contributed by atoms with E-state index in [1.165, 1.54) is 11.3 Å². The van der Waals surface area contributed by atoms with Gasteiger partial charge in [0.05, 0.1) is 24.5 Å². The molecule has 0 radical (unpaired) electrons. The number of rotatable bonds is 4. The summed E-state index contributed by atoms with van der Waals surface area (Å²) in [6.45, 7) is 3.05. The van der Waals surface area contributed by atoms with Gasteiger partial charge in [-0.05, 0) is 12.1 Å². The summed E-state index contributed by atoms with van der Waals surface area (Å²) in [4.78, 5) is 23.5. The number of thiazole rings is 1. The number of amides is 1. The molecule has 1 saturated heterocycles. The maximum Gasteiger partial charge on any atom is 0.259 e. The summed E-state index contributed by atoms with van der Waals surface area (Å²) in [6.07, 6.45) is 1.60. The molecule has 0 saturated carbocycles. The van der Waals surface area contributed by atoms with Crippen molar-refractivity contribution in [2.45, 2.75) is 0 Å². The second-order valence-corrected chi connectivity index (χ2v) is 6.72. The first-order valence-corrected chi connectivity index (χ1v) is 9.28. The molecule has 0 atom stereocenters. The summed E-state index contributed by atoms with van der Waals surface area (Å²) in [6, 6.07) is 13.6. The van der Waals surface area contributed by atoms with Crippen LogP contribution in [0.2, 0.25) is 0 Å². The van der Waals surface area contributed by atoms with Crippen LogP contribution in [0.4, 0.5) is 10.9 Å². The van der Waals surface area contributed by atoms with Crippen molar-refractivity contribution >= 4 is 28.2 Å². The minimum atomic E-state index is -0.208. The first-order valence-electron chi connectivity index (χ1n) is 8.41. The van der Waals surface area contributed by atoms with Gasteiger partial charge in [-0.25, -0.2) is 9.97 Å². The molecule has 132 valence electrons. The first-order chi connectivity index (χ1) is 12.8. The van der Waals surface area contributed by atoms with Gasteiger partial charge in [-0.15, -0.1) is 11.3 Å². The van der Waals surface area contributed by atoms with Crippen LogP contribution in [0.15, 0.2) is 54.0 Å². The number of pyridine rings is 1. The number of ether oxygens (including phenoxy) is 1. The van der Waals surface area contributed by atoms with Crippen molar-refractivity contribution in [2.24, 2.45) is 0 Å². The highest BCUT2D eigenvalue weighted by Gasteiger charge is 2.14. The summed E-state index contributed by atoms with van der Waals surface area (Å²) < 4.78 is 5.34. The van der Waals surface area contributed by atoms with Gasteiger partial charge in [-0.2, -0.15) is 0 Å². The molecule has 7 heteroatoms. The Bertz CT molecular complexity index is 874. The third-order valence-corrected chi connectivity index (χ3v) is 4.90. The maximum absolute atomic E-state index is 12.4. The lowest BCUT2D eigenvalue weighted by Crippen LogP contribution is -2.36. The molecular formula is C19H18N4O2S. The second kappa shape index (κ2) is 7.63. The number of nitrogens with one attached hydrogen (secondary N) is 1. The molecule has 1 aliphatic rings. The molecule has 4 rings (SSSR count). The Morgan fingerprint density at radius 1 is 1.12 bits per heavy atom. The first kappa shape index (κ1) is 16.7. The average molecular weight is 366 g/mol. The van der Waals surface area contributed by atoms with E-state index in [1.807, 2.05) is 41.8 Å². The van der Waals surface area contributed by atoms with Crippen molar-refractivity contribution in [1.82, 2.24) is 9.97 Å². The molecule has 0 unspecified atom stereocenters. The van der Waals surface area contributed by atoms with Gasteiger partial charge in [0.2, 0.25) is 0 Å². The Labute approximate surface area is 155 Å². The van der Waals surface area contributed by atoms with Crippen LogP contribution in [0.1, 0.15) is 10.4 Å². The minimum Gasteiger partial charge on any atom is -0.378 e. The molecule has 2 aromatic heterocycles. The fourth-order valence-electron chi connectivity index (χ4n) is 2.74. The molecular weight excluding hydrogens is 348 g/mol. The normalized spacial score (nSPS) is 14.2. The van der Waals surface area contributed by atoms with E-state index in [-0.39, 0.29) is 5.91 Å². The summed E-state index contributed by atoms with van der Waals surface area (Å²) >= 11 is 1.41. The van der Waals surface area contributed by atoms with E-state index in [9.17, 15) is 4.79 Å². The van der Waals surface area contributed by atoms with E-state index in [1.54, 1.807) is 12.3 Å². The highest BCUT2D eigenvalue weighted by atomic mass is 32.1. The quantitative estimate of drug-likeness (QED) is 0.767. The fourth-order valence-corrected chi connectivity index (χ4v) is 3.46. The predicted octanol–water partition coefficient (Wildman–Crippen LogP) is 3.29. The molecule has 0 spiro atoms. The van der Waals surface area contributed by atoms with E-state index in [0.717, 1.165) is 30.2 Å². The Kier molecular flexibility index (Phi) is 4.90. The van der Waals surface area contributed by atoms with Crippen LogP contribution in [0.5, 0.6) is 0 Å². The lowest BCUT2D eigenvalue weighted by molar-refractivity contribution is 0.102. The van der Waals surface area contributed by atoms with Crippen LogP contribution in [0, 0.1) is 0 Å². The smallest absolute Gasteiger partial charge is 0.259 e. The Hall–Kier alpha value is -2.77. The minimum absolute atomic E-state index is 0.208. The monoisotopic (exact) mass is 366 g/mol. The molecule has 1 amide bonds. The Morgan fingerprint density at radius 3 is 2.65 bits per heavy atom. The van der Waals surface area contributed by atoms with E-state index < -0.39 is 0 Å². The Balaban J connectivity index is 1.42. The number of anilines is 2. The molecule has 1 aliphatic heterocycles. The largest absolute Gasteiger partial charge is 0.378 e. The second-order valence-electron chi connectivity index (χ2n) is 5.86. The van der Waals surface area contributed by atoms with E-state index in [0.29, 0.717) is 23.9 Å². The summed E-state index contributed by atoms with van der Waals surface area (Å²) in [5.41, 5.74) is 2.39. The molecule has 0 aliphatic carbocycles. The van der Waals surface area contributed by atoms with Crippen LogP contribution in [0.3, 0.4) is 0 Å². The molecule has 0 bridgehead atoms. The van der Waals surface area contributed by atoms with Gasteiger partial charge in [-0.1, -0.05) is 30.3 Å². The number of aromatic nitrogens is 2. The maximum atomic E-state index is 12.4. The number of carbonyl (C=O) groups excluding carboxylic acids is 1. The van der Waals surface area contributed by atoms with Gasteiger partial charge >= 0.3 is 0 Å². The summed E-state index contributed by atoms with van der Waals surface area (Å²) in [7, 11) is 0. The van der Waals surface area contributed by atoms with Crippen molar-refractivity contribution in [3.05, 3.63) is 59.6 Å². The lowest BCUT2D eigenvalue weighted by atomic mass is 10.2. The third-order valence-electron chi connectivity index (χ3n) is 4.14. The average Bonchev–Trinajstić information content (AvgIpc) is 3.18. The lowest BCUT2D eigenvalue weighted by Gasteiger charge is -2.27. The number of nitrogens with zero attached hydrogens (tertiary/aromatic N) is 3. The predicted molar refractivity (Wildman–Crippen MR) is 103 cm³/mol. The van der Waals surface area contributed by atoms with Gasteiger partial charge in [0.1, 0.15) is 5.82 Å². The molecule has 1 aromatic carbocycles. The molecule has 3 heterocycles. The highest BCUT2D eigenvalue weighted by Crippen LogP contribution is 2.25. The zero-order valence-electron chi connectivity index (χ0n) is 14.1. The third kappa shape index (κ3) is 3.74. The van der Waals surface area contributed by atoms with Crippen molar-refractivity contribution in [3.8, 4) is 11.3 Å². The van der Waals surface area contributed by atoms with Gasteiger partial charge in [-0.3, -0.25) is 10.1 Å². The van der Waals surface area contributed by atoms with Gasteiger partial charge in [0, 0.05) is 30.2 Å². The van der Waals surface area contributed by atoms with Gasteiger partial charge in [0.25, 0.3) is 5.91 Å². The van der Waals surface area contributed by atoms with Crippen molar-refractivity contribution in [2.75, 3.05) is 36.5 Å². The number of hydrogen-bond donors (Lipinski definition) is 1. The standard InChI is InChI=1S/C19H18N4O2S/c24-18(15-6-7-17(20-12-15)23-8-10-25-11-9-23)22-19-21-16(13-26-19)14-4-2-1-3-5-14/h1-7,12-13H,8-11H2,(H,21,22,24). The van der Waals surface area contributed by atoms with Gasteiger partial charge in [0.15, 0.2) is 5.13 Å². The Morgan fingerprint density at radius 2 is 1.92 bits per heavy atom. The fraction of sp³-hybridized carbons (Fsp3) is 0.211. The molecule has 3 aromatic rings. The molecule has 1 N–H and O–H groups in total. The van der Waals surface area contributed by atoms with Crippen LogP contribution in [-0.4, -0.2) is 42.2 Å². The zero-order valence-corrected chi connectivity index (χ0v) is 14.9. The number of carbonyl (C=O) groups is 1. The van der Waals surface area contributed by atoms with Crippen LogP contribution < -0.4 is 10.2 Å². The van der Waals surface area contributed by atoms with Crippen molar-refractivity contribution in [3.63, 3.8) is 0 Å².